The van der Waals surface area contributed by atoms with Crippen LogP contribution in [0.4, 0.5) is 0 Å². The van der Waals surface area contributed by atoms with Crippen molar-refractivity contribution in [2.45, 2.75) is 12.8 Å². The molecule has 1 nitrogen and oxygen atoms in total. The maximum Gasteiger partial charge on any atom is 0.160 e. The van der Waals surface area contributed by atoms with Crippen LogP contribution in [0, 0.1) is 0 Å². The van der Waals surface area contributed by atoms with Crippen LogP contribution in [0.1, 0.15) is 17.5 Å². The van der Waals surface area contributed by atoms with Gasteiger partial charge in [0.05, 0.1) is 0 Å². The quantitative estimate of drug-likeness (QED) is 0.602. The van der Waals surface area contributed by atoms with Gasteiger partial charge in [0.2, 0.25) is 0 Å². The van der Waals surface area contributed by atoms with E-state index < -0.39 is 0 Å². The third-order valence-corrected chi connectivity index (χ3v) is 2.89. The molecule has 0 N–H and O–H groups in total. The van der Waals surface area contributed by atoms with E-state index in [-0.39, 0.29) is 5.78 Å². The van der Waals surface area contributed by atoms with E-state index in [0.29, 0.717) is 6.42 Å². The Hall–Kier alpha value is -1.63. The smallest absolute Gasteiger partial charge is 0.160 e. The Kier molecular flexibility index (Phi) is 1.48. The fraction of sp³-hybridized carbons (Fsp3) is 0.154. The topological polar surface area (TPSA) is 17.1 Å². The van der Waals surface area contributed by atoms with Crippen molar-refractivity contribution in [3.8, 4) is 0 Å². The Morgan fingerprint density at radius 3 is 2.93 bits per heavy atom. The lowest BCUT2D eigenvalue weighted by molar-refractivity contribution is -0.113. The van der Waals surface area contributed by atoms with Gasteiger partial charge in [-0.3, -0.25) is 4.79 Å². The Bertz CT molecular complexity index is 478. The summed E-state index contributed by atoms with van der Waals surface area (Å²) in [5.74, 6) is 0.223. The molecular weight excluding hydrogens is 172 g/mol. The number of carbonyl (C=O) groups excluding carboxylic acids is 1. The van der Waals surface area contributed by atoms with E-state index in [1.807, 2.05) is 6.07 Å². The molecule has 0 atom stereocenters. The van der Waals surface area contributed by atoms with Crippen molar-refractivity contribution in [2.24, 2.45) is 0 Å². The minimum Gasteiger partial charge on any atom is -0.294 e. The lowest BCUT2D eigenvalue weighted by atomic mass is 9.97. The monoisotopic (exact) mass is 182 g/mol. The zero-order valence-electron chi connectivity index (χ0n) is 7.79. The Balaban J connectivity index is 2.22. The zero-order chi connectivity index (χ0) is 9.54. The number of benzene rings is 1. The van der Waals surface area contributed by atoms with Gasteiger partial charge in [-0.2, -0.15) is 0 Å². The van der Waals surface area contributed by atoms with Crippen molar-refractivity contribution in [3.63, 3.8) is 0 Å². The molecule has 1 aromatic rings. The fourth-order valence-corrected chi connectivity index (χ4v) is 2.21. The Morgan fingerprint density at radius 2 is 2.00 bits per heavy atom. The third-order valence-electron chi connectivity index (χ3n) is 2.89. The van der Waals surface area contributed by atoms with Crippen LogP contribution in [0.15, 0.2) is 42.0 Å². The first kappa shape index (κ1) is 7.74. The summed E-state index contributed by atoms with van der Waals surface area (Å²) in [5, 5.41) is 0. The van der Waals surface area contributed by atoms with Gasteiger partial charge in [0.25, 0.3) is 0 Å². The minimum atomic E-state index is 0.223. The Morgan fingerprint density at radius 1 is 1.14 bits per heavy atom. The second-order valence-corrected chi connectivity index (χ2v) is 3.79. The standard InChI is InChI=1S/C13H10O/c14-11-6-5-10-7-9-3-1-2-4-12(9)13(10)8-11/h1-5,8H,6-7H2. The molecule has 14 heavy (non-hydrogen) atoms. The number of rotatable bonds is 0. The van der Waals surface area contributed by atoms with Crippen molar-refractivity contribution in [1.29, 1.82) is 0 Å². The largest absolute Gasteiger partial charge is 0.294 e. The van der Waals surface area contributed by atoms with Gasteiger partial charge in [-0.05, 0) is 34.8 Å². The predicted molar refractivity (Wildman–Crippen MR) is 55.8 cm³/mol. The lowest BCUT2D eigenvalue weighted by Crippen LogP contribution is -1.98. The molecule has 0 unspecified atom stereocenters. The molecule has 0 radical (unpaired) electrons. The molecule has 0 fully saturated rings. The molecule has 0 aromatic heterocycles. The van der Waals surface area contributed by atoms with Crippen LogP contribution < -0.4 is 0 Å². The lowest BCUT2D eigenvalue weighted by Gasteiger charge is -2.06. The van der Waals surface area contributed by atoms with Gasteiger partial charge in [-0.1, -0.05) is 30.3 Å². The zero-order valence-corrected chi connectivity index (χ0v) is 7.79. The van der Waals surface area contributed by atoms with E-state index in [9.17, 15) is 4.79 Å². The average Bonchev–Trinajstić information content (AvgIpc) is 2.56. The summed E-state index contributed by atoms with van der Waals surface area (Å²) in [4.78, 5) is 11.3. The number of hydrogen-bond acceptors (Lipinski definition) is 1. The highest BCUT2D eigenvalue weighted by atomic mass is 16.1. The van der Waals surface area contributed by atoms with Crippen molar-refractivity contribution in [2.75, 3.05) is 0 Å². The molecule has 0 spiro atoms. The fourth-order valence-electron chi connectivity index (χ4n) is 2.21. The highest BCUT2D eigenvalue weighted by molar-refractivity contribution is 6.05. The van der Waals surface area contributed by atoms with Crippen LogP contribution in [0.2, 0.25) is 0 Å². The summed E-state index contributed by atoms with van der Waals surface area (Å²) in [6.07, 6.45) is 5.43. The van der Waals surface area contributed by atoms with E-state index >= 15 is 0 Å². The molecule has 0 aliphatic heterocycles. The van der Waals surface area contributed by atoms with Crippen LogP contribution in [0.25, 0.3) is 5.57 Å². The SMILES string of the molecule is O=C1C=C2C(=CC1)Cc1ccccc12. The molecule has 1 aromatic carbocycles. The normalized spacial score (nSPS) is 18.4. The molecule has 3 rings (SSSR count). The molecule has 2 aliphatic rings. The molecule has 68 valence electrons. The molecule has 2 aliphatic carbocycles. The highest BCUT2D eigenvalue weighted by Crippen LogP contribution is 2.38. The molecule has 1 heteroatoms. The van der Waals surface area contributed by atoms with Crippen molar-refractivity contribution in [3.05, 3.63) is 53.1 Å². The molecule has 0 saturated carbocycles. The van der Waals surface area contributed by atoms with E-state index in [1.165, 1.54) is 16.7 Å². The van der Waals surface area contributed by atoms with Gasteiger partial charge < -0.3 is 0 Å². The Labute approximate surface area is 82.8 Å². The molecular formula is C13H10O. The minimum absolute atomic E-state index is 0.223. The molecule has 0 heterocycles. The van der Waals surface area contributed by atoms with Crippen molar-refractivity contribution >= 4 is 11.4 Å². The number of carbonyl (C=O) groups is 1. The number of ketones is 1. The second-order valence-electron chi connectivity index (χ2n) is 3.79. The number of hydrogen-bond donors (Lipinski definition) is 0. The van der Waals surface area contributed by atoms with Gasteiger partial charge in [-0.15, -0.1) is 0 Å². The summed E-state index contributed by atoms with van der Waals surface area (Å²) >= 11 is 0. The van der Waals surface area contributed by atoms with E-state index in [4.69, 9.17) is 0 Å². The number of fused-ring (bicyclic) bond motifs is 3. The molecule has 0 amide bonds. The van der Waals surface area contributed by atoms with Crippen LogP contribution in [-0.2, 0) is 11.2 Å². The average molecular weight is 182 g/mol. The maximum absolute atomic E-state index is 11.3. The van der Waals surface area contributed by atoms with Gasteiger partial charge >= 0.3 is 0 Å². The van der Waals surface area contributed by atoms with Gasteiger partial charge in [-0.25, -0.2) is 0 Å². The first-order valence-electron chi connectivity index (χ1n) is 4.87. The van der Waals surface area contributed by atoms with Crippen LogP contribution >= 0.6 is 0 Å². The number of allylic oxidation sites excluding steroid dienone is 4. The summed E-state index contributed by atoms with van der Waals surface area (Å²) in [6.45, 7) is 0. The van der Waals surface area contributed by atoms with E-state index in [1.54, 1.807) is 6.08 Å². The van der Waals surface area contributed by atoms with Crippen molar-refractivity contribution in [1.82, 2.24) is 0 Å². The van der Waals surface area contributed by atoms with E-state index in [0.717, 1.165) is 12.0 Å². The van der Waals surface area contributed by atoms with E-state index in [2.05, 4.69) is 24.3 Å². The summed E-state index contributed by atoms with van der Waals surface area (Å²) in [5.41, 5.74) is 5.06. The van der Waals surface area contributed by atoms with Gasteiger partial charge in [0.15, 0.2) is 5.78 Å². The summed E-state index contributed by atoms with van der Waals surface area (Å²) < 4.78 is 0. The molecule has 0 bridgehead atoms. The summed E-state index contributed by atoms with van der Waals surface area (Å²) in [6, 6.07) is 8.32. The third kappa shape index (κ3) is 0.987. The molecule has 0 saturated heterocycles. The first-order valence-corrected chi connectivity index (χ1v) is 4.87. The van der Waals surface area contributed by atoms with Gasteiger partial charge in [0, 0.05) is 6.42 Å². The summed E-state index contributed by atoms with van der Waals surface area (Å²) in [7, 11) is 0. The maximum atomic E-state index is 11.3. The first-order chi connectivity index (χ1) is 6.84. The van der Waals surface area contributed by atoms with Gasteiger partial charge in [0.1, 0.15) is 0 Å². The highest BCUT2D eigenvalue weighted by Gasteiger charge is 2.23. The van der Waals surface area contributed by atoms with Crippen LogP contribution in [0.3, 0.4) is 0 Å². The van der Waals surface area contributed by atoms with Crippen molar-refractivity contribution < 1.29 is 4.79 Å². The predicted octanol–water partition coefficient (Wildman–Crippen LogP) is 2.53. The van der Waals surface area contributed by atoms with Crippen LogP contribution in [-0.4, -0.2) is 5.78 Å². The van der Waals surface area contributed by atoms with Crippen LogP contribution in [0.5, 0.6) is 0 Å². The second kappa shape index (κ2) is 2.68.